The Labute approximate surface area is 597 Å². The molecule has 0 aliphatic rings. The van der Waals surface area contributed by atoms with E-state index in [0.29, 0.717) is 34.9 Å². The van der Waals surface area contributed by atoms with Crippen LogP contribution in [0.5, 0.6) is 0 Å². The van der Waals surface area contributed by atoms with Gasteiger partial charge in [-0.2, -0.15) is 0 Å². The van der Waals surface area contributed by atoms with Crippen LogP contribution in [0.3, 0.4) is 0 Å². The summed E-state index contributed by atoms with van der Waals surface area (Å²) in [6, 6.07) is 125. The Bertz CT molecular complexity index is 6430. The van der Waals surface area contributed by atoms with E-state index in [0.717, 1.165) is 125 Å². The monoisotopic (exact) mass is 1330 g/mol. The van der Waals surface area contributed by atoms with Crippen LogP contribution in [0.25, 0.3) is 197 Å². The Balaban J connectivity index is 0.770. The standard InChI is InChI=1S/C94H58N6S2/c1-5-25-59(26-6-1)61-49-51-62(52-50-61)68-35-13-14-36-71(68)72-37-15-17-40-78(72)91-95-90(64-31-11-4-12-32-64)98-94(100-91)82-46-23-44-80-86-70(42-24-48-85(86)102-88(80)82)67-53-54-74-69(66-34-21-33-65(57-66)60-27-7-2-8-28-60)55-56-75(83(74)58-67)73-38-16-18-41-79(73)92-96-89(63-29-9-3-10-30-63)97-93(99-92)81-45-22-43-77-76-39-19-20-47-84(76)101-87(77)81/h1-58H. The summed E-state index contributed by atoms with van der Waals surface area (Å²) < 4.78 is 4.63. The summed E-state index contributed by atoms with van der Waals surface area (Å²) in [5, 5.41) is 6.93. The Morgan fingerprint density at radius 1 is 0.157 bits per heavy atom. The third-order valence-electron chi connectivity index (χ3n) is 19.5. The van der Waals surface area contributed by atoms with Gasteiger partial charge in [0.15, 0.2) is 34.9 Å². The van der Waals surface area contributed by atoms with Crippen molar-refractivity contribution in [1.29, 1.82) is 0 Å². The Morgan fingerprint density at radius 3 is 1.15 bits per heavy atom. The molecule has 0 atom stereocenters. The average Bonchev–Trinajstić information content (AvgIpc) is 1.37. The van der Waals surface area contributed by atoms with Crippen LogP contribution in [-0.4, -0.2) is 29.9 Å². The highest BCUT2D eigenvalue weighted by atomic mass is 32.1. The van der Waals surface area contributed by atoms with Gasteiger partial charge in [-0.15, -0.1) is 22.7 Å². The molecule has 4 heterocycles. The molecule has 0 radical (unpaired) electrons. The van der Waals surface area contributed by atoms with Crippen molar-refractivity contribution in [2.24, 2.45) is 0 Å². The molecule has 4 aromatic heterocycles. The molecule has 0 aliphatic heterocycles. The van der Waals surface area contributed by atoms with Gasteiger partial charge in [0.05, 0.1) is 0 Å². The Kier molecular flexibility index (Phi) is 15.2. The predicted molar refractivity (Wildman–Crippen MR) is 427 cm³/mol. The predicted octanol–water partition coefficient (Wildman–Crippen LogP) is 25.6. The van der Waals surface area contributed by atoms with Crippen molar-refractivity contribution in [2.75, 3.05) is 0 Å². The summed E-state index contributed by atoms with van der Waals surface area (Å²) >= 11 is 3.56. The zero-order valence-corrected chi connectivity index (χ0v) is 56.6. The number of fused-ring (bicyclic) bond motifs is 7. The first-order valence-electron chi connectivity index (χ1n) is 34.2. The van der Waals surface area contributed by atoms with E-state index in [1.807, 2.05) is 36.4 Å². The second-order valence-corrected chi connectivity index (χ2v) is 27.6. The van der Waals surface area contributed by atoms with Gasteiger partial charge >= 0.3 is 0 Å². The lowest BCUT2D eigenvalue weighted by atomic mass is 9.87. The molecule has 0 aliphatic carbocycles. The van der Waals surface area contributed by atoms with E-state index in [1.54, 1.807) is 22.7 Å². The molecule has 0 spiro atoms. The van der Waals surface area contributed by atoms with E-state index in [9.17, 15) is 0 Å². The summed E-state index contributed by atoms with van der Waals surface area (Å²) in [4.78, 5) is 32.5. The van der Waals surface area contributed by atoms with Crippen LogP contribution in [0.4, 0.5) is 0 Å². The van der Waals surface area contributed by atoms with Gasteiger partial charge in [0.25, 0.3) is 0 Å². The fourth-order valence-electron chi connectivity index (χ4n) is 14.6. The number of benzene rings is 15. The van der Waals surface area contributed by atoms with Crippen molar-refractivity contribution in [1.82, 2.24) is 29.9 Å². The van der Waals surface area contributed by atoms with Crippen LogP contribution in [-0.2, 0) is 0 Å². The number of hydrogen-bond donors (Lipinski definition) is 0. The maximum absolute atomic E-state index is 5.52. The van der Waals surface area contributed by atoms with Gasteiger partial charge in [-0.3, -0.25) is 0 Å². The molecule has 6 nitrogen and oxygen atoms in total. The highest BCUT2D eigenvalue weighted by Crippen LogP contribution is 2.48. The number of thiophene rings is 2. The van der Waals surface area contributed by atoms with Crippen LogP contribution >= 0.6 is 22.7 Å². The van der Waals surface area contributed by atoms with Crippen LogP contribution in [0, 0.1) is 0 Å². The molecular formula is C94H58N6S2. The van der Waals surface area contributed by atoms with Gasteiger partial charge in [0.2, 0.25) is 0 Å². The highest BCUT2D eigenvalue weighted by Gasteiger charge is 2.24. The topological polar surface area (TPSA) is 77.3 Å². The quantitative estimate of drug-likeness (QED) is 0.114. The zero-order chi connectivity index (χ0) is 67.5. The largest absolute Gasteiger partial charge is 0.208 e. The first kappa shape index (κ1) is 60.2. The first-order valence-corrected chi connectivity index (χ1v) is 35.9. The van der Waals surface area contributed by atoms with Crippen molar-refractivity contribution < 1.29 is 0 Å². The maximum atomic E-state index is 5.52. The molecule has 8 heteroatoms. The van der Waals surface area contributed by atoms with Crippen LogP contribution in [0.15, 0.2) is 352 Å². The lowest BCUT2D eigenvalue weighted by Crippen LogP contribution is -2.01. The first-order chi connectivity index (χ1) is 50.6. The fraction of sp³-hybridized carbons (Fsp3) is 0. The van der Waals surface area contributed by atoms with E-state index in [1.165, 1.54) is 37.5 Å². The molecule has 476 valence electrons. The fourth-order valence-corrected chi connectivity index (χ4v) is 17.1. The van der Waals surface area contributed by atoms with Crippen molar-refractivity contribution in [3.8, 4) is 146 Å². The number of aromatic nitrogens is 6. The molecule has 0 unspecified atom stereocenters. The second-order valence-electron chi connectivity index (χ2n) is 25.5. The highest BCUT2D eigenvalue weighted by molar-refractivity contribution is 7.26. The molecule has 0 amide bonds. The number of nitrogens with zero attached hydrogens (tertiary/aromatic N) is 6. The van der Waals surface area contributed by atoms with Crippen molar-refractivity contribution in [3.63, 3.8) is 0 Å². The third kappa shape index (κ3) is 10.9. The molecule has 0 fully saturated rings. The van der Waals surface area contributed by atoms with Crippen LogP contribution in [0.1, 0.15) is 0 Å². The Morgan fingerprint density at radius 2 is 0.520 bits per heavy atom. The van der Waals surface area contributed by atoms with Gasteiger partial charge in [-0.1, -0.05) is 315 Å². The number of rotatable bonds is 13. The number of hydrogen-bond acceptors (Lipinski definition) is 8. The van der Waals surface area contributed by atoms with Gasteiger partial charge in [-0.05, 0) is 125 Å². The molecule has 102 heavy (non-hydrogen) atoms. The van der Waals surface area contributed by atoms with Crippen LogP contribution < -0.4 is 0 Å². The molecule has 19 rings (SSSR count). The summed E-state index contributed by atoms with van der Waals surface area (Å²) in [7, 11) is 0. The van der Waals surface area contributed by atoms with Gasteiger partial charge < -0.3 is 0 Å². The van der Waals surface area contributed by atoms with E-state index in [-0.39, 0.29) is 0 Å². The smallest absolute Gasteiger partial charge is 0.165 e. The van der Waals surface area contributed by atoms with Crippen molar-refractivity contribution in [3.05, 3.63) is 352 Å². The van der Waals surface area contributed by atoms with E-state index in [4.69, 9.17) is 29.9 Å². The van der Waals surface area contributed by atoms with Crippen molar-refractivity contribution >= 4 is 73.8 Å². The van der Waals surface area contributed by atoms with Gasteiger partial charge in [0.1, 0.15) is 0 Å². The normalized spacial score (nSPS) is 11.5. The minimum atomic E-state index is 0.596. The Hall–Kier alpha value is -13.0. The SMILES string of the molecule is c1ccc(-c2ccc(-c3ccccc3-c3ccccc3-c3nc(-c4ccccc4)nc(-c4cccc5c4sc4cccc(-c6ccc7c(-c8cccc(-c9ccccc9)c8)ccc(-c8ccccc8-c8nc(-c9ccccc9)nc(-c9cccc%10c9sc9ccccc9%10)n8)c7c6)c45)n3)cc2)cc1. The molecule has 15 aromatic carbocycles. The maximum Gasteiger partial charge on any atom is 0.165 e. The molecule has 0 bridgehead atoms. The summed E-state index contributed by atoms with van der Waals surface area (Å²) in [5.74, 6) is 3.64. The summed E-state index contributed by atoms with van der Waals surface area (Å²) in [6.07, 6.45) is 0. The molecule has 0 saturated heterocycles. The molecule has 0 N–H and O–H groups in total. The second kappa shape index (κ2) is 25.7. The van der Waals surface area contributed by atoms with E-state index >= 15 is 0 Å². The van der Waals surface area contributed by atoms with Crippen molar-refractivity contribution in [2.45, 2.75) is 0 Å². The molecule has 19 aromatic rings. The van der Waals surface area contributed by atoms with Crippen LogP contribution in [0.2, 0.25) is 0 Å². The lowest BCUT2D eigenvalue weighted by molar-refractivity contribution is 1.08. The van der Waals surface area contributed by atoms with E-state index in [2.05, 4.69) is 315 Å². The molecular weight excluding hydrogens is 1280 g/mol. The molecule has 0 saturated carbocycles. The lowest BCUT2D eigenvalue weighted by Gasteiger charge is -2.17. The average molecular weight is 1340 g/mol. The minimum absolute atomic E-state index is 0.596. The zero-order valence-electron chi connectivity index (χ0n) is 55.0. The van der Waals surface area contributed by atoms with Gasteiger partial charge in [0, 0.05) is 73.7 Å². The van der Waals surface area contributed by atoms with E-state index < -0.39 is 0 Å². The minimum Gasteiger partial charge on any atom is -0.208 e. The van der Waals surface area contributed by atoms with Gasteiger partial charge in [-0.25, -0.2) is 29.9 Å². The third-order valence-corrected chi connectivity index (χ3v) is 21.9. The summed E-state index contributed by atoms with van der Waals surface area (Å²) in [5.41, 5.74) is 21.2. The summed E-state index contributed by atoms with van der Waals surface area (Å²) in [6.45, 7) is 0.